The number of rotatable bonds is 5. The molecule has 0 fully saturated rings. The molecule has 4 N–H and O–H groups in total. The van der Waals surface area contributed by atoms with Gasteiger partial charge < -0.3 is 25.1 Å². The van der Waals surface area contributed by atoms with Crippen molar-refractivity contribution < 1.29 is 14.3 Å². The van der Waals surface area contributed by atoms with E-state index in [1.807, 2.05) is 80.1 Å². The summed E-state index contributed by atoms with van der Waals surface area (Å²) in [5.74, 6) is -0.215. The molecule has 1 aliphatic rings. The maximum atomic E-state index is 13.0. The van der Waals surface area contributed by atoms with Gasteiger partial charge in [0, 0.05) is 22.9 Å². The van der Waals surface area contributed by atoms with Crippen molar-refractivity contribution in [1.29, 1.82) is 5.41 Å². The number of nitrogens with one attached hydrogen (secondary N) is 2. The van der Waals surface area contributed by atoms with Crippen LogP contribution >= 0.6 is 0 Å². The van der Waals surface area contributed by atoms with E-state index in [0.29, 0.717) is 22.7 Å². The second-order valence-electron chi connectivity index (χ2n) is 8.46. The van der Waals surface area contributed by atoms with Gasteiger partial charge in [0.1, 0.15) is 5.75 Å². The molecule has 5 rings (SSSR count). The number of para-hydroxylation sites is 1. The minimum atomic E-state index is -1.22. The van der Waals surface area contributed by atoms with Gasteiger partial charge in [-0.1, -0.05) is 62.4 Å². The zero-order valence-electron chi connectivity index (χ0n) is 22.8. The van der Waals surface area contributed by atoms with Crippen molar-refractivity contribution in [3.8, 4) is 11.4 Å². The van der Waals surface area contributed by atoms with Crippen LogP contribution in [0.1, 0.15) is 36.2 Å². The number of aryl methyl sites for hydroxylation is 1. The Morgan fingerprint density at radius 1 is 1.07 bits per heavy atom. The van der Waals surface area contributed by atoms with Gasteiger partial charge in [0.25, 0.3) is 11.9 Å². The highest BCUT2D eigenvalue weighted by molar-refractivity contribution is 6.19. The summed E-state index contributed by atoms with van der Waals surface area (Å²) >= 11 is 0. The van der Waals surface area contributed by atoms with Gasteiger partial charge in [-0.15, -0.1) is 0 Å². The van der Waals surface area contributed by atoms with Crippen LogP contribution < -0.4 is 15.8 Å². The number of ether oxygens (including phenoxy) is 2. The van der Waals surface area contributed by atoms with Gasteiger partial charge in [-0.25, -0.2) is 9.98 Å². The molecule has 0 radical (unpaired) electrons. The largest absolute Gasteiger partial charge is 0.495 e. The first-order valence-corrected chi connectivity index (χ1v) is 12.8. The Kier molecular flexibility index (Phi) is 8.70. The summed E-state index contributed by atoms with van der Waals surface area (Å²) < 4.78 is 12.8. The van der Waals surface area contributed by atoms with Crippen molar-refractivity contribution >= 4 is 29.2 Å². The Labute approximate surface area is 232 Å². The van der Waals surface area contributed by atoms with Crippen LogP contribution in [0.3, 0.4) is 0 Å². The number of anilines is 1. The molecule has 0 aliphatic carbocycles. The van der Waals surface area contributed by atoms with Crippen LogP contribution in [0, 0.1) is 12.3 Å². The number of hydrogen-bond acceptors (Lipinski definition) is 7. The minimum absolute atomic E-state index is 0.262. The fourth-order valence-electron chi connectivity index (χ4n) is 4.06. The fourth-order valence-corrected chi connectivity index (χ4v) is 4.06. The third kappa shape index (κ3) is 6.07. The number of amidine groups is 1. The van der Waals surface area contributed by atoms with E-state index in [1.54, 1.807) is 30.6 Å². The number of amides is 1. The molecule has 0 saturated carbocycles. The Morgan fingerprint density at radius 3 is 2.50 bits per heavy atom. The van der Waals surface area contributed by atoms with Crippen molar-refractivity contribution in [3.63, 3.8) is 0 Å². The van der Waals surface area contributed by atoms with E-state index in [9.17, 15) is 4.79 Å². The summed E-state index contributed by atoms with van der Waals surface area (Å²) in [6, 6.07) is 21.7. The van der Waals surface area contributed by atoms with Gasteiger partial charge in [0.05, 0.1) is 36.2 Å². The van der Waals surface area contributed by atoms with Gasteiger partial charge in [-0.05, 0) is 31.2 Å². The van der Waals surface area contributed by atoms with Gasteiger partial charge in [-0.2, -0.15) is 4.99 Å². The number of benzene rings is 3. The van der Waals surface area contributed by atoms with E-state index in [0.717, 1.165) is 22.5 Å². The van der Waals surface area contributed by atoms with Gasteiger partial charge in [0.15, 0.2) is 0 Å². The summed E-state index contributed by atoms with van der Waals surface area (Å²) in [5.41, 5.74) is 10.8. The normalized spacial score (nSPS) is 14.5. The number of hydrogen-bond donors (Lipinski definition) is 3. The van der Waals surface area contributed by atoms with Crippen molar-refractivity contribution in [2.45, 2.75) is 26.9 Å². The highest BCUT2D eigenvalue weighted by Gasteiger charge is 2.26. The predicted octanol–water partition coefficient (Wildman–Crippen LogP) is 4.69. The predicted molar refractivity (Wildman–Crippen MR) is 157 cm³/mol. The van der Waals surface area contributed by atoms with E-state index in [1.165, 1.54) is 7.11 Å². The van der Waals surface area contributed by atoms with E-state index < -0.39 is 12.1 Å². The molecule has 0 bridgehead atoms. The second-order valence-corrected chi connectivity index (χ2v) is 8.46. The highest BCUT2D eigenvalue weighted by atomic mass is 16.5. The number of benzodiazepines with no additional fused rings is 1. The Morgan fingerprint density at radius 2 is 1.80 bits per heavy atom. The number of imidazole rings is 1. The molecule has 3 aromatic carbocycles. The molecule has 1 aliphatic heterocycles. The van der Waals surface area contributed by atoms with E-state index >= 15 is 0 Å². The zero-order valence-corrected chi connectivity index (χ0v) is 22.8. The van der Waals surface area contributed by atoms with Crippen LogP contribution in [-0.2, 0) is 9.53 Å². The first kappa shape index (κ1) is 27.8. The number of aromatic nitrogens is 2. The summed E-state index contributed by atoms with van der Waals surface area (Å²) in [5, 5.41) is 11.3. The van der Waals surface area contributed by atoms with Crippen LogP contribution in [0.4, 0.5) is 5.69 Å². The molecule has 10 nitrogen and oxygen atoms in total. The Balaban J connectivity index is 0.00000181. The third-order valence-corrected chi connectivity index (χ3v) is 5.86. The van der Waals surface area contributed by atoms with Crippen molar-refractivity contribution in [3.05, 3.63) is 108 Å². The minimum Gasteiger partial charge on any atom is -0.495 e. The number of fused-ring (bicyclic) bond motifs is 1. The van der Waals surface area contributed by atoms with Gasteiger partial charge in [-0.3, -0.25) is 10.2 Å². The Hall–Kier alpha value is -5.25. The number of nitrogens with zero attached hydrogens (tertiary/aromatic N) is 4. The van der Waals surface area contributed by atoms with Crippen LogP contribution in [0.5, 0.6) is 5.75 Å². The molecule has 1 unspecified atom stereocenters. The van der Waals surface area contributed by atoms with Crippen LogP contribution in [0.15, 0.2) is 95.3 Å². The number of aliphatic imine (C=N–C) groups is 2. The number of carbonyl (C=O) groups excluding carboxylic acids is 1. The molecule has 0 spiro atoms. The summed E-state index contributed by atoms with van der Waals surface area (Å²) in [6.45, 7) is 5.89. The smallest absolute Gasteiger partial charge is 0.291 e. The highest BCUT2D eigenvalue weighted by Crippen LogP contribution is 2.26. The molecular weight excluding hydrogens is 506 g/mol. The second kappa shape index (κ2) is 12.5. The first-order valence-electron chi connectivity index (χ1n) is 12.8. The number of methoxy groups -OCH3 is 1. The van der Waals surface area contributed by atoms with Gasteiger partial charge in [0.2, 0.25) is 12.1 Å². The lowest BCUT2D eigenvalue weighted by molar-refractivity contribution is -0.117. The molecule has 1 aromatic heterocycles. The molecule has 4 aromatic rings. The van der Waals surface area contributed by atoms with E-state index in [2.05, 4.69) is 20.3 Å². The lowest BCUT2D eigenvalue weighted by Gasteiger charge is -2.13. The SMILES string of the molecule is CC.COc1cc(C(=N)O/C(N)=N/C2N=C(c3ccccc3)c3ccccc3NC2=O)ccc1-n1cnc(C)c1. The summed E-state index contributed by atoms with van der Waals surface area (Å²) in [4.78, 5) is 26.0. The topological polar surface area (TPSA) is 140 Å². The maximum absolute atomic E-state index is 13.0. The molecular formula is C30H31N7O3. The zero-order chi connectivity index (χ0) is 28.6. The molecule has 1 amide bonds. The first-order chi connectivity index (χ1) is 19.4. The van der Waals surface area contributed by atoms with E-state index in [4.69, 9.17) is 20.6 Å². The third-order valence-electron chi connectivity index (χ3n) is 5.86. The summed E-state index contributed by atoms with van der Waals surface area (Å²) in [6.07, 6.45) is 2.33. The molecule has 10 heteroatoms. The lowest BCUT2D eigenvalue weighted by Crippen LogP contribution is -2.29. The van der Waals surface area contributed by atoms with Gasteiger partial charge >= 0.3 is 0 Å². The molecule has 204 valence electrons. The molecule has 2 heterocycles. The average molecular weight is 538 g/mol. The monoisotopic (exact) mass is 537 g/mol. The van der Waals surface area contributed by atoms with Crippen molar-refractivity contribution in [2.24, 2.45) is 15.7 Å². The van der Waals surface area contributed by atoms with Crippen LogP contribution in [0.25, 0.3) is 5.69 Å². The van der Waals surface area contributed by atoms with Crippen molar-refractivity contribution in [2.75, 3.05) is 12.4 Å². The van der Waals surface area contributed by atoms with Crippen molar-refractivity contribution in [1.82, 2.24) is 9.55 Å². The molecule has 40 heavy (non-hydrogen) atoms. The number of nitrogens with two attached hydrogens (primary N) is 1. The van der Waals surface area contributed by atoms with Crippen LogP contribution in [-0.4, -0.2) is 46.4 Å². The van der Waals surface area contributed by atoms with Crippen LogP contribution in [0.2, 0.25) is 0 Å². The molecule has 0 saturated heterocycles. The number of carbonyl (C=O) groups is 1. The molecule has 1 atom stereocenters. The fraction of sp³-hybridized carbons (Fsp3) is 0.167. The quantitative estimate of drug-likeness (QED) is 0.250. The Bertz CT molecular complexity index is 1580. The average Bonchev–Trinajstić information content (AvgIpc) is 3.36. The maximum Gasteiger partial charge on any atom is 0.291 e. The lowest BCUT2D eigenvalue weighted by atomic mass is 10.0. The standard InChI is InChI=1S/C28H25N7O3.C2H6/c1-17-15-35(16-31-17)22-13-12-19(14-23(22)37-2)25(29)38-28(30)34-26-27(36)32-21-11-7-6-10-20(21)24(33-26)18-8-4-3-5-9-18;1-2/h3-16,26,29H,1-2H3,(H2,30,34)(H,32,36);1-2H3. The van der Waals surface area contributed by atoms with E-state index in [-0.39, 0.29) is 11.9 Å². The summed E-state index contributed by atoms with van der Waals surface area (Å²) in [7, 11) is 1.54.